The molecule has 0 bridgehead atoms. The van der Waals surface area contributed by atoms with Crippen molar-refractivity contribution in [2.75, 3.05) is 0 Å². The first-order valence-corrected chi connectivity index (χ1v) is 7.70. The number of hydrogen-bond acceptors (Lipinski definition) is 3. The van der Waals surface area contributed by atoms with E-state index >= 15 is 0 Å². The average Bonchev–Trinajstić information content (AvgIpc) is 2.92. The third-order valence-corrected chi connectivity index (χ3v) is 4.62. The van der Waals surface area contributed by atoms with Crippen molar-refractivity contribution in [1.29, 1.82) is 0 Å². The molecule has 1 aliphatic rings. The van der Waals surface area contributed by atoms with Gasteiger partial charge >= 0.3 is 11.7 Å². The van der Waals surface area contributed by atoms with Gasteiger partial charge in [0, 0.05) is 17.9 Å². The Kier molecular flexibility index (Phi) is 4.80. The zero-order chi connectivity index (χ0) is 15.6. The van der Waals surface area contributed by atoms with Crippen LogP contribution in [0.2, 0.25) is 0 Å². The number of nitrogens with zero attached hydrogens (tertiary/aromatic N) is 2. The first-order chi connectivity index (χ1) is 9.90. The molecule has 1 heterocycles. The number of rotatable bonds is 5. The van der Waals surface area contributed by atoms with Gasteiger partial charge in [-0.3, -0.25) is 9.36 Å². The van der Waals surface area contributed by atoms with Crippen LogP contribution in [0.1, 0.15) is 49.6 Å². The highest BCUT2D eigenvalue weighted by molar-refractivity contribution is 5.70. The molecule has 21 heavy (non-hydrogen) atoms. The van der Waals surface area contributed by atoms with Gasteiger partial charge in [-0.25, -0.2) is 4.79 Å². The lowest BCUT2D eigenvalue weighted by atomic mass is 9.98. The third kappa shape index (κ3) is 3.52. The van der Waals surface area contributed by atoms with Crippen LogP contribution in [0.4, 0.5) is 0 Å². The van der Waals surface area contributed by atoms with Crippen molar-refractivity contribution in [3.05, 3.63) is 27.4 Å². The summed E-state index contributed by atoms with van der Waals surface area (Å²) in [5.74, 6) is -0.736. The van der Waals surface area contributed by atoms with Crippen molar-refractivity contribution in [2.45, 2.75) is 59.4 Å². The predicted octanol–water partition coefficient (Wildman–Crippen LogP) is 2.31. The van der Waals surface area contributed by atoms with Crippen LogP contribution in [0.25, 0.3) is 0 Å². The van der Waals surface area contributed by atoms with Gasteiger partial charge in [-0.15, -0.1) is 0 Å². The first kappa shape index (κ1) is 15.7. The normalized spacial score (nSPS) is 17.1. The number of aliphatic carboxylic acids is 1. The molecule has 0 spiro atoms. The quantitative estimate of drug-likeness (QED) is 0.904. The number of carbonyl (C=O) groups is 1. The lowest BCUT2D eigenvalue weighted by molar-refractivity contribution is -0.141. The molecule has 1 aromatic heterocycles. The van der Waals surface area contributed by atoms with Crippen LogP contribution in [0.3, 0.4) is 0 Å². The Morgan fingerprint density at radius 3 is 2.57 bits per heavy atom. The van der Waals surface area contributed by atoms with Crippen molar-refractivity contribution < 1.29 is 9.90 Å². The Bertz CT molecular complexity index is 586. The molecule has 0 saturated heterocycles. The SMILES string of the molecule is Cc1nc(=O)n(CC2CCCC2)c(C)c1CC(C)C(=O)O. The second-order valence-corrected chi connectivity index (χ2v) is 6.25. The van der Waals surface area contributed by atoms with Crippen LogP contribution in [0.15, 0.2) is 4.79 Å². The maximum absolute atomic E-state index is 12.2. The van der Waals surface area contributed by atoms with E-state index in [0.29, 0.717) is 24.6 Å². The minimum atomic E-state index is -0.817. The van der Waals surface area contributed by atoms with E-state index in [1.54, 1.807) is 18.4 Å². The van der Waals surface area contributed by atoms with Gasteiger partial charge in [-0.05, 0) is 44.6 Å². The molecule has 5 heteroatoms. The molecule has 1 fully saturated rings. The van der Waals surface area contributed by atoms with Crippen molar-refractivity contribution >= 4 is 5.97 Å². The third-order valence-electron chi connectivity index (χ3n) is 4.62. The van der Waals surface area contributed by atoms with Gasteiger partial charge in [-0.1, -0.05) is 19.8 Å². The summed E-state index contributed by atoms with van der Waals surface area (Å²) in [6, 6.07) is 0. The summed E-state index contributed by atoms with van der Waals surface area (Å²) in [5.41, 5.74) is 2.24. The van der Waals surface area contributed by atoms with Gasteiger partial charge in [0.05, 0.1) is 5.92 Å². The van der Waals surface area contributed by atoms with Gasteiger partial charge in [0.2, 0.25) is 0 Å². The molecular weight excluding hydrogens is 268 g/mol. The number of hydrogen-bond donors (Lipinski definition) is 1. The summed E-state index contributed by atoms with van der Waals surface area (Å²) >= 11 is 0. The van der Waals surface area contributed by atoms with E-state index in [-0.39, 0.29) is 5.69 Å². The minimum Gasteiger partial charge on any atom is -0.481 e. The van der Waals surface area contributed by atoms with E-state index < -0.39 is 11.9 Å². The van der Waals surface area contributed by atoms with Crippen LogP contribution in [0, 0.1) is 25.7 Å². The van der Waals surface area contributed by atoms with Gasteiger partial charge in [0.1, 0.15) is 0 Å². The Hall–Kier alpha value is -1.65. The van der Waals surface area contributed by atoms with Gasteiger partial charge in [-0.2, -0.15) is 4.98 Å². The first-order valence-electron chi connectivity index (χ1n) is 7.70. The Morgan fingerprint density at radius 2 is 2.00 bits per heavy atom. The molecular formula is C16H24N2O3. The summed E-state index contributed by atoms with van der Waals surface area (Å²) in [5, 5.41) is 9.09. The fourth-order valence-corrected chi connectivity index (χ4v) is 3.19. The molecule has 1 aliphatic carbocycles. The molecule has 1 saturated carbocycles. The van der Waals surface area contributed by atoms with Gasteiger partial charge in [0.25, 0.3) is 0 Å². The molecule has 0 aliphatic heterocycles. The van der Waals surface area contributed by atoms with Crippen LogP contribution >= 0.6 is 0 Å². The smallest absolute Gasteiger partial charge is 0.347 e. The van der Waals surface area contributed by atoms with E-state index in [0.717, 1.165) is 11.3 Å². The van der Waals surface area contributed by atoms with E-state index in [1.165, 1.54) is 25.7 Å². The molecule has 1 aromatic rings. The monoisotopic (exact) mass is 292 g/mol. The van der Waals surface area contributed by atoms with E-state index in [4.69, 9.17) is 5.11 Å². The maximum Gasteiger partial charge on any atom is 0.347 e. The summed E-state index contributed by atoms with van der Waals surface area (Å²) in [7, 11) is 0. The number of aromatic nitrogens is 2. The highest BCUT2D eigenvalue weighted by atomic mass is 16.4. The molecule has 5 nitrogen and oxygen atoms in total. The largest absolute Gasteiger partial charge is 0.481 e. The number of carboxylic acids is 1. The fourth-order valence-electron chi connectivity index (χ4n) is 3.19. The molecule has 0 amide bonds. The Morgan fingerprint density at radius 1 is 1.38 bits per heavy atom. The standard InChI is InChI=1S/C16H24N2O3/c1-10(15(19)20)8-14-11(2)17-16(21)18(12(14)3)9-13-6-4-5-7-13/h10,13H,4-9H2,1-3H3,(H,19,20). The predicted molar refractivity (Wildman–Crippen MR) is 80.4 cm³/mol. The van der Waals surface area contributed by atoms with Crippen molar-refractivity contribution in [1.82, 2.24) is 9.55 Å². The van der Waals surface area contributed by atoms with Crippen molar-refractivity contribution in [3.8, 4) is 0 Å². The summed E-state index contributed by atoms with van der Waals surface area (Å²) in [4.78, 5) is 27.3. The summed E-state index contributed by atoms with van der Waals surface area (Å²) in [6.45, 7) is 6.10. The lowest BCUT2D eigenvalue weighted by Gasteiger charge is -2.19. The van der Waals surface area contributed by atoms with E-state index in [1.807, 2.05) is 6.92 Å². The van der Waals surface area contributed by atoms with Crippen LogP contribution < -0.4 is 5.69 Å². The Labute approximate surface area is 125 Å². The molecule has 1 atom stereocenters. The fraction of sp³-hybridized carbons (Fsp3) is 0.688. The van der Waals surface area contributed by atoms with Gasteiger partial charge in [0.15, 0.2) is 0 Å². The minimum absolute atomic E-state index is 0.205. The maximum atomic E-state index is 12.2. The summed E-state index contributed by atoms with van der Waals surface area (Å²) in [6.07, 6.45) is 5.23. The molecule has 1 N–H and O–H groups in total. The molecule has 2 rings (SSSR count). The second kappa shape index (κ2) is 6.41. The van der Waals surface area contributed by atoms with E-state index in [9.17, 15) is 9.59 Å². The van der Waals surface area contributed by atoms with Crippen molar-refractivity contribution in [2.24, 2.45) is 11.8 Å². The molecule has 0 aromatic carbocycles. The van der Waals surface area contributed by atoms with Crippen molar-refractivity contribution in [3.63, 3.8) is 0 Å². The zero-order valence-electron chi connectivity index (χ0n) is 13.1. The zero-order valence-corrected chi connectivity index (χ0v) is 13.1. The molecule has 116 valence electrons. The van der Waals surface area contributed by atoms with E-state index in [2.05, 4.69) is 4.98 Å². The van der Waals surface area contributed by atoms with Gasteiger partial charge < -0.3 is 5.11 Å². The lowest BCUT2D eigenvalue weighted by Crippen LogP contribution is -2.30. The highest BCUT2D eigenvalue weighted by Gasteiger charge is 2.21. The van der Waals surface area contributed by atoms with Crippen LogP contribution in [-0.2, 0) is 17.8 Å². The highest BCUT2D eigenvalue weighted by Crippen LogP contribution is 2.26. The van der Waals surface area contributed by atoms with Crippen LogP contribution in [0.5, 0.6) is 0 Å². The number of aryl methyl sites for hydroxylation is 1. The second-order valence-electron chi connectivity index (χ2n) is 6.25. The summed E-state index contributed by atoms with van der Waals surface area (Å²) < 4.78 is 1.74. The average molecular weight is 292 g/mol. The molecule has 1 unspecified atom stereocenters. The Balaban J connectivity index is 2.32. The molecule has 0 radical (unpaired) electrons. The number of carboxylic acid groups (broad SMARTS) is 1. The topological polar surface area (TPSA) is 72.2 Å². The van der Waals surface area contributed by atoms with Crippen LogP contribution in [-0.4, -0.2) is 20.6 Å².